The molecule has 1 amide bonds. The Labute approximate surface area is 135 Å². The lowest BCUT2D eigenvalue weighted by atomic mass is 10.1. The third kappa shape index (κ3) is 3.00. The minimum absolute atomic E-state index is 0.0571. The Morgan fingerprint density at radius 1 is 1.39 bits per heavy atom. The van der Waals surface area contributed by atoms with Crippen LogP contribution in [0.2, 0.25) is 5.02 Å². The Morgan fingerprint density at radius 3 is 2.96 bits per heavy atom. The molecule has 0 spiro atoms. The number of fused-ring (bicyclic) bond motifs is 1. The van der Waals surface area contributed by atoms with Crippen molar-refractivity contribution in [3.8, 4) is 6.07 Å². The normalized spacial score (nSPS) is 10.5. The van der Waals surface area contributed by atoms with Crippen LogP contribution in [0.4, 0.5) is 4.39 Å². The Balaban J connectivity index is 1.76. The van der Waals surface area contributed by atoms with E-state index < -0.39 is 5.82 Å². The van der Waals surface area contributed by atoms with Crippen molar-refractivity contribution in [1.29, 1.82) is 5.26 Å². The SMILES string of the molecule is N#Cc1cc(CNC(=O)c2cc3c(Cl)ccnc3[nH]2)ccc1F. The van der Waals surface area contributed by atoms with Gasteiger partial charge in [0.15, 0.2) is 0 Å². The molecule has 1 aromatic carbocycles. The van der Waals surface area contributed by atoms with Crippen molar-refractivity contribution >= 4 is 28.5 Å². The van der Waals surface area contributed by atoms with E-state index in [-0.39, 0.29) is 18.0 Å². The lowest BCUT2D eigenvalue weighted by Crippen LogP contribution is -2.23. The molecule has 0 aliphatic carbocycles. The fourth-order valence-corrected chi connectivity index (χ4v) is 2.36. The molecule has 0 saturated carbocycles. The number of carbonyl (C=O) groups excluding carboxylic acids is 1. The molecule has 2 aromatic heterocycles. The number of rotatable bonds is 3. The van der Waals surface area contributed by atoms with E-state index in [4.69, 9.17) is 16.9 Å². The van der Waals surface area contributed by atoms with Crippen molar-refractivity contribution in [1.82, 2.24) is 15.3 Å². The van der Waals surface area contributed by atoms with Crippen LogP contribution in [0.1, 0.15) is 21.6 Å². The van der Waals surface area contributed by atoms with Gasteiger partial charge in [-0.25, -0.2) is 9.37 Å². The number of halogens is 2. The summed E-state index contributed by atoms with van der Waals surface area (Å²) in [7, 11) is 0. The maximum atomic E-state index is 13.3. The Bertz CT molecular complexity index is 945. The highest BCUT2D eigenvalue weighted by Gasteiger charge is 2.12. The predicted octanol–water partition coefficient (Wildman–Crippen LogP) is 3.16. The number of nitrogens with zero attached hydrogens (tertiary/aromatic N) is 2. The maximum absolute atomic E-state index is 13.3. The summed E-state index contributed by atoms with van der Waals surface area (Å²) in [6.07, 6.45) is 1.55. The van der Waals surface area contributed by atoms with Crippen LogP contribution < -0.4 is 5.32 Å². The second-order valence-electron chi connectivity index (χ2n) is 4.85. The van der Waals surface area contributed by atoms with Crippen molar-refractivity contribution in [3.05, 3.63) is 64.2 Å². The van der Waals surface area contributed by atoms with Crippen LogP contribution in [-0.2, 0) is 6.54 Å². The summed E-state index contributed by atoms with van der Waals surface area (Å²) in [6.45, 7) is 0.171. The average Bonchev–Trinajstić information content (AvgIpc) is 2.99. The topological polar surface area (TPSA) is 81.6 Å². The molecule has 2 N–H and O–H groups in total. The first-order valence-electron chi connectivity index (χ1n) is 6.68. The van der Waals surface area contributed by atoms with Gasteiger partial charge in [0.25, 0.3) is 5.91 Å². The third-order valence-electron chi connectivity index (χ3n) is 3.33. The molecule has 0 aliphatic rings. The fourth-order valence-electron chi connectivity index (χ4n) is 2.16. The summed E-state index contributed by atoms with van der Waals surface area (Å²) in [5.41, 5.74) is 1.42. The largest absolute Gasteiger partial charge is 0.347 e. The number of aromatic nitrogens is 2. The van der Waals surface area contributed by atoms with Gasteiger partial charge < -0.3 is 10.3 Å². The summed E-state index contributed by atoms with van der Waals surface area (Å²) in [5, 5.41) is 12.7. The van der Waals surface area contributed by atoms with Crippen molar-refractivity contribution in [3.63, 3.8) is 0 Å². The molecule has 114 valence electrons. The Kier molecular flexibility index (Phi) is 3.96. The molecule has 7 heteroatoms. The molecule has 5 nitrogen and oxygen atoms in total. The van der Waals surface area contributed by atoms with Gasteiger partial charge >= 0.3 is 0 Å². The number of hydrogen-bond donors (Lipinski definition) is 2. The van der Waals surface area contributed by atoms with Crippen molar-refractivity contribution in [2.75, 3.05) is 0 Å². The maximum Gasteiger partial charge on any atom is 0.268 e. The van der Waals surface area contributed by atoms with E-state index in [0.717, 1.165) is 0 Å². The number of nitriles is 1. The van der Waals surface area contributed by atoms with E-state index in [0.29, 0.717) is 27.3 Å². The van der Waals surface area contributed by atoms with Crippen LogP contribution in [0, 0.1) is 17.1 Å². The molecule has 3 aromatic rings. The first-order chi connectivity index (χ1) is 11.1. The van der Waals surface area contributed by atoms with Gasteiger partial charge in [0.2, 0.25) is 0 Å². The zero-order chi connectivity index (χ0) is 16.4. The number of nitrogens with one attached hydrogen (secondary N) is 2. The Morgan fingerprint density at radius 2 is 2.22 bits per heavy atom. The van der Waals surface area contributed by atoms with Crippen molar-refractivity contribution < 1.29 is 9.18 Å². The Hall–Kier alpha value is -2.91. The van der Waals surface area contributed by atoms with Gasteiger partial charge in [-0.2, -0.15) is 5.26 Å². The predicted molar refractivity (Wildman–Crippen MR) is 83.4 cm³/mol. The average molecular weight is 329 g/mol. The quantitative estimate of drug-likeness (QED) is 0.775. The van der Waals surface area contributed by atoms with Gasteiger partial charge in [-0.05, 0) is 29.8 Å². The molecule has 0 aliphatic heterocycles. The highest BCUT2D eigenvalue weighted by Crippen LogP contribution is 2.22. The summed E-state index contributed by atoms with van der Waals surface area (Å²) >= 11 is 6.04. The van der Waals surface area contributed by atoms with Crippen LogP contribution in [0.15, 0.2) is 36.5 Å². The number of pyridine rings is 1. The second-order valence-corrected chi connectivity index (χ2v) is 5.25. The molecule has 0 fully saturated rings. The number of hydrogen-bond acceptors (Lipinski definition) is 3. The highest BCUT2D eigenvalue weighted by molar-refractivity contribution is 6.35. The molecule has 0 radical (unpaired) electrons. The first-order valence-corrected chi connectivity index (χ1v) is 7.06. The molecule has 0 atom stereocenters. The van der Waals surface area contributed by atoms with Gasteiger partial charge in [-0.3, -0.25) is 4.79 Å². The lowest BCUT2D eigenvalue weighted by molar-refractivity contribution is 0.0946. The summed E-state index contributed by atoms with van der Waals surface area (Å²) < 4.78 is 13.3. The molecule has 0 bridgehead atoms. The van der Waals surface area contributed by atoms with Gasteiger partial charge in [0.05, 0.1) is 10.6 Å². The molecule has 0 saturated heterocycles. The van der Waals surface area contributed by atoms with Crippen molar-refractivity contribution in [2.24, 2.45) is 0 Å². The van der Waals surface area contributed by atoms with E-state index in [1.165, 1.54) is 18.2 Å². The van der Waals surface area contributed by atoms with E-state index in [9.17, 15) is 9.18 Å². The van der Waals surface area contributed by atoms with Crippen LogP contribution in [0.5, 0.6) is 0 Å². The minimum Gasteiger partial charge on any atom is -0.347 e. The van der Waals surface area contributed by atoms with E-state index in [1.54, 1.807) is 24.4 Å². The van der Waals surface area contributed by atoms with Gasteiger partial charge in [-0.15, -0.1) is 0 Å². The number of amides is 1. The minimum atomic E-state index is -0.584. The van der Waals surface area contributed by atoms with Crippen molar-refractivity contribution in [2.45, 2.75) is 6.54 Å². The van der Waals surface area contributed by atoms with Crippen LogP contribution in [-0.4, -0.2) is 15.9 Å². The summed E-state index contributed by atoms with van der Waals surface area (Å²) in [4.78, 5) is 19.2. The molecular weight excluding hydrogens is 319 g/mol. The van der Waals surface area contributed by atoms with E-state index in [1.807, 2.05) is 0 Å². The lowest BCUT2D eigenvalue weighted by Gasteiger charge is -2.04. The monoisotopic (exact) mass is 328 g/mol. The molecule has 23 heavy (non-hydrogen) atoms. The number of aromatic amines is 1. The molecule has 0 unspecified atom stereocenters. The summed E-state index contributed by atoms with van der Waals surface area (Å²) in [6, 6.07) is 9.14. The zero-order valence-electron chi connectivity index (χ0n) is 11.7. The van der Waals surface area contributed by atoms with Gasteiger partial charge in [0, 0.05) is 18.1 Å². The van der Waals surface area contributed by atoms with Crippen LogP contribution in [0.3, 0.4) is 0 Å². The number of H-pyrrole nitrogens is 1. The van der Waals surface area contributed by atoms with Gasteiger partial charge in [0.1, 0.15) is 23.2 Å². The van der Waals surface area contributed by atoms with E-state index in [2.05, 4.69) is 15.3 Å². The number of carbonyl (C=O) groups is 1. The standard InChI is InChI=1S/C16H10ClFN4O/c17-12-3-4-20-15-11(12)6-14(22-15)16(23)21-8-9-1-2-13(18)10(5-9)7-19/h1-6H,8H2,(H,20,22)(H,21,23). The number of benzene rings is 1. The summed E-state index contributed by atoms with van der Waals surface area (Å²) in [5.74, 6) is -0.930. The van der Waals surface area contributed by atoms with Crippen LogP contribution >= 0.6 is 11.6 Å². The fraction of sp³-hybridized carbons (Fsp3) is 0.0625. The van der Waals surface area contributed by atoms with Crippen LogP contribution in [0.25, 0.3) is 11.0 Å². The molecule has 2 heterocycles. The second kappa shape index (κ2) is 6.07. The first kappa shape index (κ1) is 15.0. The zero-order valence-corrected chi connectivity index (χ0v) is 12.5. The third-order valence-corrected chi connectivity index (χ3v) is 3.66. The smallest absolute Gasteiger partial charge is 0.268 e. The van der Waals surface area contributed by atoms with E-state index >= 15 is 0 Å². The molecule has 3 rings (SSSR count). The highest BCUT2D eigenvalue weighted by atomic mass is 35.5. The molecular formula is C16H10ClFN4O. The van der Waals surface area contributed by atoms with Gasteiger partial charge in [-0.1, -0.05) is 17.7 Å².